The fourth-order valence-corrected chi connectivity index (χ4v) is 4.22. The number of nitrogens with two attached hydrogens (primary N) is 1. The van der Waals surface area contributed by atoms with Crippen molar-refractivity contribution in [1.29, 1.82) is 0 Å². The molecule has 5 heteroatoms. The molecule has 0 amide bonds. The molecule has 2 bridgehead atoms. The summed E-state index contributed by atoms with van der Waals surface area (Å²) in [5, 5.41) is 8.03. The van der Waals surface area contributed by atoms with Gasteiger partial charge in [-0.1, -0.05) is 11.6 Å². The number of halogens is 1. The van der Waals surface area contributed by atoms with E-state index in [0.29, 0.717) is 5.92 Å². The van der Waals surface area contributed by atoms with E-state index in [-0.39, 0.29) is 6.04 Å². The zero-order chi connectivity index (χ0) is 11.3. The van der Waals surface area contributed by atoms with E-state index in [1.165, 1.54) is 25.7 Å². The largest absolute Gasteiger partial charge is 0.322 e. The molecule has 2 saturated carbocycles. The van der Waals surface area contributed by atoms with Crippen LogP contribution in [0.2, 0.25) is 0 Å². The summed E-state index contributed by atoms with van der Waals surface area (Å²) >= 11 is 3.44. The van der Waals surface area contributed by atoms with Gasteiger partial charge in [-0.25, -0.2) is 4.68 Å². The summed E-state index contributed by atoms with van der Waals surface area (Å²) < 4.78 is 2.62. The van der Waals surface area contributed by atoms with Crippen molar-refractivity contribution in [3.63, 3.8) is 0 Å². The van der Waals surface area contributed by atoms with E-state index < -0.39 is 0 Å². The first-order chi connectivity index (χ1) is 7.66. The Labute approximate surface area is 104 Å². The summed E-state index contributed by atoms with van der Waals surface area (Å²) in [4.78, 5) is 0. The predicted octanol–water partition coefficient (Wildman–Crippen LogP) is 2.01. The van der Waals surface area contributed by atoms with Gasteiger partial charge in [0, 0.05) is 7.05 Å². The maximum atomic E-state index is 6.40. The Bertz CT molecular complexity index is 383. The minimum atomic E-state index is 0.0877. The Morgan fingerprint density at radius 2 is 2.25 bits per heavy atom. The lowest BCUT2D eigenvalue weighted by atomic mass is 9.82. The maximum absolute atomic E-state index is 6.40. The lowest BCUT2D eigenvalue weighted by molar-refractivity contribution is 0.276. The van der Waals surface area contributed by atoms with Crippen LogP contribution < -0.4 is 5.73 Å². The molecule has 1 heterocycles. The van der Waals surface area contributed by atoms with E-state index in [4.69, 9.17) is 5.73 Å². The SMILES string of the molecule is Cn1nnc(Br)c1C(N)C1CC2CCC1C2. The zero-order valence-corrected chi connectivity index (χ0v) is 11.0. The van der Waals surface area contributed by atoms with Crippen LogP contribution in [0.3, 0.4) is 0 Å². The Morgan fingerprint density at radius 3 is 2.75 bits per heavy atom. The molecule has 4 unspecified atom stereocenters. The molecule has 0 saturated heterocycles. The standard InChI is InChI=1S/C11H17BrN4/c1-16-10(11(12)14-15-16)9(13)8-5-6-2-3-7(8)4-6/h6-9H,2-5,13H2,1H3. The van der Waals surface area contributed by atoms with Crippen LogP contribution in [0.15, 0.2) is 4.60 Å². The van der Waals surface area contributed by atoms with Gasteiger partial charge in [-0.3, -0.25) is 0 Å². The number of nitrogens with zero attached hydrogens (tertiary/aromatic N) is 3. The van der Waals surface area contributed by atoms with Crippen LogP contribution in [0, 0.1) is 17.8 Å². The van der Waals surface area contributed by atoms with E-state index in [2.05, 4.69) is 26.2 Å². The normalized spacial score (nSPS) is 34.6. The molecule has 2 N–H and O–H groups in total. The molecule has 16 heavy (non-hydrogen) atoms. The zero-order valence-electron chi connectivity index (χ0n) is 9.43. The summed E-state index contributed by atoms with van der Waals surface area (Å²) in [5.74, 6) is 2.40. The van der Waals surface area contributed by atoms with Crippen LogP contribution in [0.4, 0.5) is 0 Å². The Balaban J connectivity index is 1.85. The van der Waals surface area contributed by atoms with Crippen LogP contribution in [-0.2, 0) is 7.05 Å². The third-order valence-corrected chi connectivity index (χ3v) is 4.96. The fraction of sp³-hybridized carbons (Fsp3) is 0.818. The number of rotatable bonds is 2. The number of aromatic nitrogens is 3. The van der Waals surface area contributed by atoms with Gasteiger partial charge < -0.3 is 5.73 Å². The molecule has 0 spiro atoms. The number of aryl methyl sites for hydroxylation is 1. The number of hydrogen-bond acceptors (Lipinski definition) is 3. The monoisotopic (exact) mass is 284 g/mol. The van der Waals surface area contributed by atoms with Gasteiger partial charge in [0.15, 0.2) is 4.60 Å². The highest BCUT2D eigenvalue weighted by molar-refractivity contribution is 9.10. The highest BCUT2D eigenvalue weighted by Gasteiger charge is 2.43. The van der Waals surface area contributed by atoms with Crippen molar-refractivity contribution in [3.8, 4) is 0 Å². The first-order valence-electron chi connectivity index (χ1n) is 5.97. The van der Waals surface area contributed by atoms with Gasteiger partial charge in [0.1, 0.15) is 0 Å². The molecule has 2 fully saturated rings. The molecule has 1 aromatic heterocycles. The second kappa shape index (κ2) is 3.81. The first kappa shape index (κ1) is 10.7. The van der Waals surface area contributed by atoms with E-state index >= 15 is 0 Å². The Morgan fingerprint density at radius 1 is 1.44 bits per heavy atom. The summed E-state index contributed by atoms with van der Waals surface area (Å²) in [5.41, 5.74) is 7.46. The van der Waals surface area contributed by atoms with E-state index in [1.807, 2.05) is 7.05 Å². The van der Waals surface area contributed by atoms with Gasteiger partial charge in [-0.05, 0) is 52.9 Å². The van der Waals surface area contributed by atoms with E-state index in [1.54, 1.807) is 4.68 Å². The van der Waals surface area contributed by atoms with E-state index in [9.17, 15) is 0 Å². The molecule has 1 aromatic rings. The average molecular weight is 285 g/mol. The average Bonchev–Trinajstić information content (AvgIpc) is 2.93. The molecule has 3 rings (SSSR count). The number of fused-ring (bicyclic) bond motifs is 2. The molecule has 0 aromatic carbocycles. The summed E-state index contributed by atoms with van der Waals surface area (Å²) in [7, 11) is 1.92. The second-order valence-electron chi connectivity index (χ2n) is 5.25. The Kier molecular flexibility index (Phi) is 2.55. The van der Waals surface area contributed by atoms with Crippen molar-refractivity contribution < 1.29 is 0 Å². The van der Waals surface area contributed by atoms with Crippen molar-refractivity contribution in [3.05, 3.63) is 10.3 Å². The van der Waals surface area contributed by atoms with Crippen LogP contribution >= 0.6 is 15.9 Å². The van der Waals surface area contributed by atoms with Crippen molar-refractivity contribution >= 4 is 15.9 Å². The second-order valence-corrected chi connectivity index (χ2v) is 6.00. The molecule has 2 aliphatic rings. The molecule has 4 nitrogen and oxygen atoms in total. The van der Waals surface area contributed by atoms with Crippen molar-refractivity contribution in [2.75, 3.05) is 0 Å². The molecule has 0 radical (unpaired) electrons. The third-order valence-electron chi connectivity index (χ3n) is 4.40. The lowest BCUT2D eigenvalue weighted by Crippen LogP contribution is -2.28. The summed E-state index contributed by atoms with van der Waals surface area (Å²) in [6, 6.07) is 0.0877. The quantitative estimate of drug-likeness (QED) is 0.904. The van der Waals surface area contributed by atoms with E-state index in [0.717, 1.165) is 22.1 Å². The summed E-state index contributed by atoms with van der Waals surface area (Å²) in [6.07, 6.45) is 5.47. The van der Waals surface area contributed by atoms with Gasteiger partial charge in [-0.2, -0.15) is 0 Å². The van der Waals surface area contributed by atoms with Gasteiger partial charge in [0.25, 0.3) is 0 Å². The van der Waals surface area contributed by atoms with Gasteiger partial charge in [0.2, 0.25) is 0 Å². The van der Waals surface area contributed by atoms with Crippen LogP contribution in [0.1, 0.15) is 37.4 Å². The summed E-state index contributed by atoms with van der Waals surface area (Å²) in [6.45, 7) is 0. The van der Waals surface area contributed by atoms with Crippen molar-refractivity contribution in [2.45, 2.75) is 31.7 Å². The minimum Gasteiger partial charge on any atom is -0.322 e. The molecule has 4 atom stereocenters. The predicted molar refractivity (Wildman–Crippen MR) is 64.6 cm³/mol. The van der Waals surface area contributed by atoms with Crippen LogP contribution in [0.5, 0.6) is 0 Å². The minimum absolute atomic E-state index is 0.0877. The van der Waals surface area contributed by atoms with Gasteiger partial charge >= 0.3 is 0 Å². The molecule has 88 valence electrons. The lowest BCUT2D eigenvalue weighted by Gasteiger charge is -2.27. The molecule has 0 aliphatic heterocycles. The molecular weight excluding hydrogens is 268 g/mol. The highest BCUT2D eigenvalue weighted by atomic mass is 79.9. The molecular formula is C11H17BrN4. The highest BCUT2D eigenvalue weighted by Crippen LogP contribution is 2.52. The Hall–Kier alpha value is -0.420. The topological polar surface area (TPSA) is 56.7 Å². The first-order valence-corrected chi connectivity index (χ1v) is 6.76. The number of hydrogen-bond donors (Lipinski definition) is 1. The smallest absolute Gasteiger partial charge is 0.153 e. The van der Waals surface area contributed by atoms with Gasteiger partial charge in [0.05, 0.1) is 11.7 Å². The van der Waals surface area contributed by atoms with Gasteiger partial charge in [-0.15, -0.1) is 5.10 Å². The molecule has 2 aliphatic carbocycles. The van der Waals surface area contributed by atoms with Crippen molar-refractivity contribution in [2.24, 2.45) is 30.5 Å². The van der Waals surface area contributed by atoms with Crippen LogP contribution in [-0.4, -0.2) is 15.0 Å². The fourth-order valence-electron chi connectivity index (χ4n) is 3.63. The maximum Gasteiger partial charge on any atom is 0.153 e. The van der Waals surface area contributed by atoms with Crippen molar-refractivity contribution in [1.82, 2.24) is 15.0 Å². The third kappa shape index (κ3) is 1.52. The van der Waals surface area contributed by atoms with Crippen LogP contribution in [0.25, 0.3) is 0 Å².